The molecule has 3 N–H and O–H groups in total. The summed E-state index contributed by atoms with van der Waals surface area (Å²) in [6.45, 7) is 4.17. The van der Waals surface area contributed by atoms with Gasteiger partial charge < -0.3 is 20.1 Å². The Balaban J connectivity index is 1.02. The summed E-state index contributed by atoms with van der Waals surface area (Å²) in [6, 6.07) is 27.5. The second-order valence-electron chi connectivity index (χ2n) is 12.2. The molecule has 0 bridgehead atoms. The van der Waals surface area contributed by atoms with Crippen LogP contribution in [0.15, 0.2) is 119 Å². The van der Waals surface area contributed by atoms with Crippen LogP contribution < -0.4 is 19.7 Å². The van der Waals surface area contributed by atoms with Crippen LogP contribution in [0.4, 0.5) is 17.1 Å². The van der Waals surface area contributed by atoms with Crippen LogP contribution in [0.1, 0.15) is 15.9 Å². The van der Waals surface area contributed by atoms with Crippen LogP contribution in [0.5, 0.6) is 11.5 Å². The number of nitrogens with zero attached hydrogens (tertiary/aromatic N) is 4. The van der Waals surface area contributed by atoms with Gasteiger partial charge in [-0.3, -0.25) is 24.8 Å². The molecular weight excluding hydrogens is 717 g/mol. The fourth-order valence-corrected chi connectivity index (χ4v) is 7.74. The largest absolute Gasteiger partial charge is 0.506 e. The molecule has 0 spiro atoms. The molecule has 274 valence electrons. The Morgan fingerprint density at radius 1 is 0.943 bits per heavy atom. The highest BCUT2D eigenvalue weighted by Gasteiger charge is 2.25. The Bertz CT molecular complexity index is 2180. The molecule has 0 radical (unpaired) electrons. The molecule has 53 heavy (non-hydrogen) atoms. The average Bonchev–Trinajstić information content (AvgIpc) is 3.17. The number of nitro benzene ring substituents is 1. The first-order valence-corrected chi connectivity index (χ1v) is 19.2. The van der Waals surface area contributed by atoms with Gasteiger partial charge in [0.15, 0.2) is 0 Å². The number of benzene rings is 4. The smallest absolute Gasteiger partial charge is 0.293 e. The number of anilines is 2. The number of nitro groups is 1. The first-order chi connectivity index (χ1) is 25.6. The number of rotatable bonds is 14. The van der Waals surface area contributed by atoms with Gasteiger partial charge in [0.2, 0.25) is 0 Å². The number of hydrogen-bond acceptors (Lipinski definition) is 12. The summed E-state index contributed by atoms with van der Waals surface area (Å²) in [6.07, 6.45) is 3.08. The molecule has 5 aromatic rings. The number of nitrogens with one attached hydrogen (secondary N) is 2. The van der Waals surface area contributed by atoms with Crippen LogP contribution >= 0.6 is 11.8 Å². The molecule has 2 heterocycles. The van der Waals surface area contributed by atoms with Gasteiger partial charge in [0, 0.05) is 84.6 Å². The number of piperazine rings is 1. The molecule has 0 aliphatic carbocycles. The van der Waals surface area contributed by atoms with Gasteiger partial charge in [-0.15, -0.1) is 11.8 Å². The number of amides is 1. The second kappa shape index (κ2) is 16.8. The van der Waals surface area contributed by atoms with E-state index in [2.05, 4.69) is 20.1 Å². The fourth-order valence-electron chi connectivity index (χ4n) is 5.96. The second-order valence-corrected chi connectivity index (χ2v) is 15.1. The number of hydrogen-bond donors (Lipinski definition) is 3. The maximum Gasteiger partial charge on any atom is 0.293 e. The molecule has 0 saturated carbocycles. The molecule has 1 saturated heterocycles. The number of pyridine rings is 1. The Kier molecular flexibility index (Phi) is 11.8. The number of aromatic nitrogens is 1. The van der Waals surface area contributed by atoms with Gasteiger partial charge in [-0.2, -0.15) is 0 Å². The lowest BCUT2D eigenvalue weighted by Gasteiger charge is -2.36. The molecular formula is C38H38N6O7S2. The number of carbonyl (C=O) groups is 1. The molecule has 15 heteroatoms. The van der Waals surface area contributed by atoms with E-state index in [1.807, 2.05) is 53.3 Å². The van der Waals surface area contributed by atoms with Crippen molar-refractivity contribution in [3.05, 3.63) is 131 Å². The molecule has 1 aliphatic rings. The van der Waals surface area contributed by atoms with Gasteiger partial charge >= 0.3 is 0 Å². The molecule has 1 aromatic heterocycles. The van der Waals surface area contributed by atoms with Gasteiger partial charge in [0.05, 0.1) is 23.1 Å². The van der Waals surface area contributed by atoms with Gasteiger partial charge in [0.25, 0.3) is 21.6 Å². The number of sulfonamides is 1. The zero-order chi connectivity index (χ0) is 37.4. The van der Waals surface area contributed by atoms with Gasteiger partial charge in [-0.1, -0.05) is 30.3 Å². The van der Waals surface area contributed by atoms with E-state index in [4.69, 9.17) is 4.74 Å². The number of aromatic hydroxyl groups is 1. The molecule has 0 atom stereocenters. The monoisotopic (exact) mass is 754 g/mol. The van der Waals surface area contributed by atoms with Gasteiger partial charge in [-0.05, 0) is 66.2 Å². The lowest BCUT2D eigenvalue weighted by atomic mass is 10.0. The maximum absolute atomic E-state index is 13.1. The van der Waals surface area contributed by atoms with E-state index in [1.165, 1.54) is 18.3 Å². The molecule has 6 rings (SSSR count). The van der Waals surface area contributed by atoms with E-state index in [-0.39, 0.29) is 17.0 Å². The molecule has 0 unspecified atom stereocenters. The Morgan fingerprint density at radius 2 is 1.70 bits per heavy atom. The van der Waals surface area contributed by atoms with Crippen LogP contribution in [0.2, 0.25) is 0 Å². The molecule has 1 fully saturated rings. The Labute approximate surface area is 311 Å². The third kappa shape index (κ3) is 9.43. The average molecular weight is 755 g/mol. The van der Waals surface area contributed by atoms with E-state index in [1.54, 1.807) is 55.4 Å². The fraction of sp³-hybridized carbons (Fsp3) is 0.211. The van der Waals surface area contributed by atoms with Crippen molar-refractivity contribution < 1.29 is 28.0 Å². The van der Waals surface area contributed by atoms with Gasteiger partial charge in [-0.25, -0.2) is 13.1 Å². The number of ether oxygens (including phenoxy) is 1. The van der Waals surface area contributed by atoms with Crippen molar-refractivity contribution in [2.45, 2.75) is 16.3 Å². The summed E-state index contributed by atoms with van der Waals surface area (Å²) in [5, 5.41) is 24.6. The third-order valence-corrected chi connectivity index (χ3v) is 11.1. The summed E-state index contributed by atoms with van der Waals surface area (Å²) in [5.74, 6) is 0.643. The predicted octanol–water partition coefficient (Wildman–Crippen LogP) is 6.02. The van der Waals surface area contributed by atoms with E-state index < -0.39 is 31.4 Å². The standard InChI is InChI=1S/C38H38N6O7S2/c1-51-37-22-28(30-21-32(45)25-39-24-30)7-8-29(37)26-42-16-18-43(19-17-42)31-11-9-27(10-12-31)38(46)41-53(49,50)34-13-14-35(36(23-34)44(47)48)40-15-20-52-33-5-3-2-4-6-33/h2-14,21-25,40,45H,15-20,26H2,1H3,(H,41,46). The van der Waals surface area contributed by atoms with Crippen LogP contribution in [-0.4, -0.2) is 79.8 Å². The summed E-state index contributed by atoms with van der Waals surface area (Å²) < 4.78 is 34.0. The minimum Gasteiger partial charge on any atom is -0.506 e. The number of thioether (sulfide) groups is 1. The van der Waals surface area contributed by atoms with Crippen molar-refractivity contribution in [3.63, 3.8) is 0 Å². The van der Waals surface area contributed by atoms with Crippen molar-refractivity contribution in [2.75, 3.05) is 55.8 Å². The Hall–Kier alpha value is -5.64. The number of methoxy groups -OCH3 is 1. The van der Waals surface area contributed by atoms with Crippen molar-refractivity contribution in [3.8, 4) is 22.6 Å². The summed E-state index contributed by atoms with van der Waals surface area (Å²) >= 11 is 1.59. The quantitative estimate of drug-likeness (QED) is 0.0523. The Morgan fingerprint density at radius 3 is 2.40 bits per heavy atom. The zero-order valence-electron chi connectivity index (χ0n) is 28.8. The van der Waals surface area contributed by atoms with Crippen molar-refractivity contribution in [1.82, 2.24) is 14.6 Å². The highest BCUT2D eigenvalue weighted by molar-refractivity contribution is 7.99. The van der Waals surface area contributed by atoms with E-state index in [0.717, 1.165) is 65.3 Å². The third-order valence-electron chi connectivity index (χ3n) is 8.74. The van der Waals surface area contributed by atoms with Crippen LogP contribution in [0.25, 0.3) is 11.1 Å². The predicted molar refractivity (Wildman–Crippen MR) is 205 cm³/mol. The number of carbonyl (C=O) groups excluding carboxylic acids is 1. The molecule has 13 nitrogen and oxygen atoms in total. The minimum absolute atomic E-state index is 0.0970. The first kappa shape index (κ1) is 37.1. The lowest BCUT2D eigenvalue weighted by Crippen LogP contribution is -2.46. The summed E-state index contributed by atoms with van der Waals surface area (Å²) in [5.41, 5.74) is 3.53. The van der Waals surface area contributed by atoms with E-state index in [0.29, 0.717) is 18.8 Å². The van der Waals surface area contributed by atoms with Crippen molar-refractivity contribution in [1.29, 1.82) is 0 Å². The topological polar surface area (TPSA) is 167 Å². The SMILES string of the molecule is COc1cc(-c2cncc(O)c2)ccc1CN1CCN(c2ccc(C(=O)NS(=O)(=O)c3ccc(NCCSc4ccccc4)c([N+](=O)[O-])c3)cc2)CC1. The highest BCUT2D eigenvalue weighted by atomic mass is 32.2. The summed E-state index contributed by atoms with van der Waals surface area (Å²) in [4.78, 5) is 33.4. The minimum atomic E-state index is -4.40. The molecule has 1 aliphatic heterocycles. The van der Waals surface area contributed by atoms with E-state index in [9.17, 15) is 28.4 Å². The molecule has 1 amide bonds. The van der Waals surface area contributed by atoms with Crippen LogP contribution in [0, 0.1) is 10.1 Å². The lowest BCUT2D eigenvalue weighted by molar-refractivity contribution is -0.384. The van der Waals surface area contributed by atoms with Gasteiger partial charge in [0.1, 0.15) is 17.2 Å². The normalized spacial score (nSPS) is 13.3. The van der Waals surface area contributed by atoms with Crippen molar-refractivity contribution >= 4 is 44.8 Å². The first-order valence-electron chi connectivity index (χ1n) is 16.8. The highest BCUT2D eigenvalue weighted by Crippen LogP contribution is 2.31. The molecule has 4 aromatic carbocycles. The van der Waals surface area contributed by atoms with Crippen LogP contribution in [-0.2, 0) is 16.6 Å². The van der Waals surface area contributed by atoms with Crippen LogP contribution in [0.3, 0.4) is 0 Å². The zero-order valence-corrected chi connectivity index (χ0v) is 30.5. The van der Waals surface area contributed by atoms with Crippen molar-refractivity contribution in [2.24, 2.45) is 0 Å². The maximum atomic E-state index is 13.1. The van der Waals surface area contributed by atoms with E-state index >= 15 is 0 Å². The summed E-state index contributed by atoms with van der Waals surface area (Å²) in [7, 11) is -2.77.